The Balaban J connectivity index is 3.14. The number of allylic oxidation sites excluding steroid dienone is 1. The molecule has 0 bridgehead atoms. The summed E-state index contributed by atoms with van der Waals surface area (Å²) in [6.45, 7) is 3.65. The number of halogens is 1. The lowest BCUT2D eigenvalue weighted by atomic mass is 10.2. The summed E-state index contributed by atoms with van der Waals surface area (Å²) in [5.74, 6) is 0.757. The van der Waals surface area contributed by atoms with Gasteiger partial charge >= 0.3 is 0 Å². The second-order valence-corrected chi connectivity index (χ2v) is 2.73. The first-order chi connectivity index (χ1) is 5.16. The third-order valence-electron chi connectivity index (χ3n) is 1.37. The van der Waals surface area contributed by atoms with Crippen molar-refractivity contribution >= 4 is 16.8 Å². The van der Waals surface area contributed by atoms with Crippen molar-refractivity contribution in [3.8, 4) is 0 Å². The predicted molar refractivity (Wildman–Crippen MR) is 45.5 cm³/mol. The predicted octanol–water partition coefficient (Wildman–Crippen LogP) is 2.47. The summed E-state index contributed by atoms with van der Waals surface area (Å²) in [6.07, 6.45) is 2.97. The number of rotatable bonds is 6. The fourth-order valence-corrected chi connectivity index (χ4v) is 0.822. The van der Waals surface area contributed by atoms with Gasteiger partial charge in [0.25, 0.3) is 0 Å². The smallest absolute Gasteiger partial charge is 0.221 e. The Hall–Kier alpha value is -0.500. The molecule has 0 amide bonds. The largest absolute Gasteiger partial charge is 0.502 e. The molecule has 0 fully saturated rings. The van der Waals surface area contributed by atoms with Crippen LogP contribution in [0.1, 0.15) is 25.7 Å². The van der Waals surface area contributed by atoms with E-state index in [0.29, 0.717) is 6.42 Å². The third-order valence-corrected chi connectivity index (χ3v) is 1.56. The van der Waals surface area contributed by atoms with Gasteiger partial charge in [-0.05, 0) is 24.4 Å². The Bertz CT molecular complexity index is 143. The topological polar surface area (TPSA) is 26.3 Å². The van der Waals surface area contributed by atoms with E-state index in [0.717, 1.165) is 25.0 Å². The fourth-order valence-electron chi connectivity index (χ4n) is 0.688. The SMILES string of the molecule is C=C(CCCCC(=O)Cl)OC. The first-order valence-electron chi connectivity index (χ1n) is 3.57. The highest BCUT2D eigenvalue weighted by atomic mass is 35.5. The molecular weight excluding hydrogens is 164 g/mol. The minimum absolute atomic E-state index is 0.270. The molecule has 0 aliphatic rings. The number of carbonyl (C=O) groups excluding carboxylic acids is 1. The van der Waals surface area contributed by atoms with E-state index in [9.17, 15) is 4.79 Å². The number of ether oxygens (including phenoxy) is 1. The lowest BCUT2D eigenvalue weighted by molar-refractivity contribution is -0.111. The van der Waals surface area contributed by atoms with Crippen molar-refractivity contribution in [2.45, 2.75) is 25.7 Å². The van der Waals surface area contributed by atoms with Gasteiger partial charge in [-0.25, -0.2) is 0 Å². The van der Waals surface area contributed by atoms with Crippen LogP contribution in [-0.4, -0.2) is 12.4 Å². The van der Waals surface area contributed by atoms with Gasteiger partial charge in [0.1, 0.15) is 0 Å². The zero-order chi connectivity index (χ0) is 8.69. The van der Waals surface area contributed by atoms with Gasteiger partial charge in [-0.1, -0.05) is 6.58 Å². The van der Waals surface area contributed by atoms with Crippen molar-refractivity contribution < 1.29 is 9.53 Å². The minimum atomic E-state index is -0.270. The van der Waals surface area contributed by atoms with Crippen LogP contribution in [0.2, 0.25) is 0 Å². The van der Waals surface area contributed by atoms with E-state index in [1.165, 1.54) is 0 Å². The van der Waals surface area contributed by atoms with Crippen LogP contribution in [0.5, 0.6) is 0 Å². The van der Waals surface area contributed by atoms with E-state index >= 15 is 0 Å². The second kappa shape index (κ2) is 6.23. The lowest BCUT2D eigenvalue weighted by Crippen LogP contribution is -1.88. The summed E-state index contributed by atoms with van der Waals surface area (Å²) in [4.78, 5) is 10.3. The van der Waals surface area contributed by atoms with E-state index in [1.54, 1.807) is 7.11 Å². The number of hydrogen-bond acceptors (Lipinski definition) is 2. The van der Waals surface area contributed by atoms with Crippen LogP contribution in [0, 0.1) is 0 Å². The van der Waals surface area contributed by atoms with Crippen molar-refractivity contribution in [3.63, 3.8) is 0 Å². The molecule has 0 aromatic heterocycles. The zero-order valence-electron chi connectivity index (χ0n) is 6.73. The van der Waals surface area contributed by atoms with Gasteiger partial charge in [-0.3, -0.25) is 4.79 Å². The Labute approximate surface area is 72.2 Å². The van der Waals surface area contributed by atoms with Crippen LogP contribution < -0.4 is 0 Å². The number of methoxy groups -OCH3 is 1. The van der Waals surface area contributed by atoms with Crippen molar-refractivity contribution in [3.05, 3.63) is 12.3 Å². The van der Waals surface area contributed by atoms with Crippen LogP contribution in [-0.2, 0) is 9.53 Å². The van der Waals surface area contributed by atoms with Gasteiger partial charge in [0.05, 0.1) is 12.9 Å². The molecule has 0 radical (unpaired) electrons. The molecule has 11 heavy (non-hydrogen) atoms. The molecule has 3 heteroatoms. The van der Waals surface area contributed by atoms with Crippen molar-refractivity contribution in [1.29, 1.82) is 0 Å². The van der Waals surface area contributed by atoms with E-state index in [4.69, 9.17) is 16.3 Å². The summed E-state index contributed by atoms with van der Waals surface area (Å²) in [6, 6.07) is 0. The molecule has 0 aromatic carbocycles. The normalized spacial score (nSPS) is 9.27. The lowest BCUT2D eigenvalue weighted by Gasteiger charge is -2.01. The third kappa shape index (κ3) is 7.40. The van der Waals surface area contributed by atoms with Crippen molar-refractivity contribution in [2.75, 3.05) is 7.11 Å². The Morgan fingerprint density at radius 2 is 2.00 bits per heavy atom. The van der Waals surface area contributed by atoms with E-state index in [-0.39, 0.29) is 5.24 Å². The van der Waals surface area contributed by atoms with Gasteiger partial charge in [-0.15, -0.1) is 0 Å². The molecule has 0 N–H and O–H groups in total. The van der Waals surface area contributed by atoms with Crippen molar-refractivity contribution in [1.82, 2.24) is 0 Å². The molecule has 0 rings (SSSR count). The Morgan fingerprint density at radius 1 is 1.45 bits per heavy atom. The monoisotopic (exact) mass is 176 g/mol. The summed E-state index contributed by atoms with van der Waals surface area (Å²) in [7, 11) is 1.59. The molecule has 2 nitrogen and oxygen atoms in total. The molecule has 0 aliphatic carbocycles. The highest BCUT2D eigenvalue weighted by Gasteiger charge is 1.96. The van der Waals surface area contributed by atoms with Gasteiger partial charge in [-0.2, -0.15) is 0 Å². The number of unbranched alkanes of at least 4 members (excludes halogenated alkanes) is 1. The molecule has 0 unspecified atom stereocenters. The summed E-state index contributed by atoms with van der Waals surface area (Å²) < 4.78 is 4.84. The first-order valence-corrected chi connectivity index (χ1v) is 3.94. The van der Waals surface area contributed by atoms with Gasteiger partial charge in [0.15, 0.2) is 0 Å². The van der Waals surface area contributed by atoms with Crippen LogP contribution in [0.4, 0.5) is 0 Å². The average Bonchev–Trinajstić information content (AvgIpc) is 1.97. The molecule has 0 heterocycles. The van der Waals surface area contributed by atoms with Gasteiger partial charge in [0.2, 0.25) is 5.24 Å². The Kier molecular flexibility index (Phi) is 5.94. The van der Waals surface area contributed by atoms with Crippen LogP contribution in [0.25, 0.3) is 0 Å². The molecule has 0 saturated carbocycles. The van der Waals surface area contributed by atoms with E-state index in [2.05, 4.69) is 6.58 Å². The molecular formula is C8H13ClO2. The van der Waals surface area contributed by atoms with Gasteiger partial charge < -0.3 is 4.74 Å². The molecule has 0 saturated heterocycles. The fraction of sp³-hybridized carbons (Fsp3) is 0.625. The molecule has 64 valence electrons. The summed E-state index contributed by atoms with van der Waals surface area (Å²) >= 11 is 5.13. The van der Waals surface area contributed by atoms with Crippen molar-refractivity contribution in [2.24, 2.45) is 0 Å². The van der Waals surface area contributed by atoms with E-state index < -0.39 is 0 Å². The quantitative estimate of drug-likeness (QED) is 0.353. The summed E-state index contributed by atoms with van der Waals surface area (Å²) in [5, 5.41) is -0.270. The van der Waals surface area contributed by atoms with Crippen LogP contribution in [0.3, 0.4) is 0 Å². The number of carbonyl (C=O) groups is 1. The molecule has 0 aliphatic heterocycles. The molecule has 0 spiro atoms. The highest BCUT2D eigenvalue weighted by Crippen LogP contribution is 2.08. The Morgan fingerprint density at radius 3 is 2.45 bits per heavy atom. The maximum absolute atomic E-state index is 10.3. The molecule has 0 atom stereocenters. The van der Waals surface area contributed by atoms with Crippen LogP contribution in [0.15, 0.2) is 12.3 Å². The minimum Gasteiger partial charge on any atom is -0.502 e. The highest BCUT2D eigenvalue weighted by molar-refractivity contribution is 6.63. The van der Waals surface area contributed by atoms with E-state index in [1.807, 2.05) is 0 Å². The summed E-state index contributed by atoms with van der Waals surface area (Å²) in [5.41, 5.74) is 0. The zero-order valence-corrected chi connectivity index (χ0v) is 7.49. The van der Waals surface area contributed by atoms with Crippen LogP contribution >= 0.6 is 11.6 Å². The second-order valence-electron chi connectivity index (χ2n) is 2.31. The van der Waals surface area contributed by atoms with Gasteiger partial charge in [0, 0.05) is 12.8 Å². The standard InChI is InChI=1S/C8H13ClO2/c1-7(11-2)5-3-4-6-8(9)10/h1,3-6H2,2H3. The maximum Gasteiger partial charge on any atom is 0.221 e. The average molecular weight is 177 g/mol. The molecule has 0 aromatic rings. The first kappa shape index (κ1) is 10.5. The number of hydrogen-bond donors (Lipinski definition) is 0. The maximum atomic E-state index is 10.3.